The van der Waals surface area contributed by atoms with Crippen molar-refractivity contribution in [2.24, 2.45) is 5.92 Å². The summed E-state index contributed by atoms with van der Waals surface area (Å²) in [5, 5.41) is 14.7. The van der Waals surface area contributed by atoms with Crippen LogP contribution in [0, 0.1) is 12.8 Å². The maximum absolute atomic E-state index is 12.0. The first kappa shape index (κ1) is 16.5. The zero-order chi connectivity index (χ0) is 15.9. The van der Waals surface area contributed by atoms with E-state index in [1.807, 2.05) is 25.3 Å². The fourth-order valence-corrected chi connectivity index (χ4v) is 2.39. The summed E-state index contributed by atoms with van der Waals surface area (Å²) in [6, 6.07) is 7.04. The standard InChI is InChI=1S/C16H20N2O3S/c1-11(8-19)7-17-16(20)13-4-3-5-15(6-13)21-9-14-10-22-12(2)18-14/h3-6,10-11,19H,7-9H2,1-2H3,(H,17,20). The summed E-state index contributed by atoms with van der Waals surface area (Å²) in [7, 11) is 0. The Hall–Kier alpha value is -1.92. The van der Waals surface area contributed by atoms with Crippen LogP contribution in [0.2, 0.25) is 0 Å². The van der Waals surface area contributed by atoms with Gasteiger partial charge in [-0.2, -0.15) is 0 Å². The van der Waals surface area contributed by atoms with Crippen LogP contribution in [0.5, 0.6) is 5.75 Å². The second-order valence-electron chi connectivity index (χ2n) is 5.17. The first-order valence-electron chi connectivity index (χ1n) is 7.11. The van der Waals surface area contributed by atoms with Crippen LogP contribution in [0.15, 0.2) is 29.6 Å². The molecule has 2 N–H and O–H groups in total. The number of carbonyl (C=O) groups excluding carboxylic acids is 1. The molecular weight excluding hydrogens is 300 g/mol. The first-order valence-corrected chi connectivity index (χ1v) is 7.99. The third-order valence-electron chi connectivity index (χ3n) is 3.07. The number of aliphatic hydroxyl groups is 1. The summed E-state index contributed by atoms with van der Waals surface area (Å²) < 4.78 is 5.67. The van der Waals surface area contributed by atoms with Gasteiger partial charge in [-0.15, -0.1) is 11.3 Å². The smallest absolute Gasteiger partial charge is 0.251 e. The zero-order valence-corrected chi connectivity index (χ0v) is 13.5. The monoisotopic (exact) mass is 320 g/mol. The van der Waals surface area contributed by atoms with Crippen molar-refractivity contribution < 1.29 is 14.6 Å². The SMILES string of the molecule is Cc1nc(COc2cccc(C(=O)NCC(C)CO)c2)cs1. The van der Waals surface area contributed by atoms with Gasteiger partial charge in [0.25, 0.3) is 5.91 Å². The molecule has 1 aromatic heterocycles. The molecule has 0 saturated carbocycles. The van der Waals surface area contributed by atoms with Gasteiger partial charge < -0.3 is 15.2 Å². The predicted molar refractivity (Wildman–Crippen MR) is 86.2 cm³/mol. The summed E-state index contributed by atoms with van der Waals surface area (Å²) in [5.41, 5.74) is 1.42. The van der Waals surface area contributed by atoms with E-state index in [2.05, 4.69) is 10.3 Å². The minimum atomic E-state index is -0.171. The Balaban J connectivity index is 1.92. The van der Waals surface area contributed by atoms with Gasteiger partial charge in [0.1, 0.15) is 12.4 Å². The molecule has 1 amide bonds. The summed E-state index contributed by atoms with van der Waals surface area (Å²) >= 11 is 1.58. The van der Waals surface area contributed by atoms with Crippen molar-refractivity contribution in [2.45, 2.75) is 20.5 Å². The van der Waals surface area contributed by atoms with Crippen LogP contribution >= 0.6 is 11.3 Å². The van der Waals surface area contributed by atoms with E-state index < -0.39 is 0 Å². The number of amides is 1. The van der Waals surface area contributed by atoms with Crippen molar-refractivity contribution in [3.8, 4) is 5.75 Å². The molecule has 0 fully saturated rings. The molecule has 0 radical (unpaired) electrons. The Labute approximate surface area is 134 Å². The van der Waals surface area contributed by atoms with Crippen LogP contribution in [0.1, 0.15) is 28.0 Å². The topological polar surface area (TPSA) is 71.5 Å². The zero-order valence-electron chi connectivity index (χ0n) is 12.7. The third-order valence-corrected chi connectivity index (χ3v) is 3.89. The van der Waals surface area contributed by atoms with Gasteiger partial charge in [-0.3, -0.25) is 4.79 Å². The lowest BCUT2D eigenvalue weighted by atomic mass is 10.1. The van der Waals surface area contributed by atoms with Crippen LogP contribution in [0.4, 0.5) is 0 Å². The van der Waals surface area contributed by atoms with Gasteiger partial charge >= 0.3 is 0 Å². The van der Waals surface area contributed by atoms with E-state index in [-0.39, 0.29) is 18.4 Å². The third kappa shape index (κ3) is 4.82. The molecule has 118 valence electrons. The van der Waals surface area contributed by atoms with E-state index in [1.54, 1.807) is 29.5 Å². The molecule has 1 aromatic carbocycles. The van der Waals surface area contributed by atoms with E-state index in [1.165, 1.54) is 0 Å². The number of carbonyl (C=O) groups is 1. The molecule has 0 saturated heterocycles. The van der Waals surface area contributed by atoms with Crippen molar-refractivity contribution in [1.29, 1.82) is 0 Å². The molecule has 1 atom stereocenters. The van der Waals surface area contributed by atoms with Crippen LogP contribution in [-0.2, 0) is 6.61 Å². The Bertz CT molecular complexity index is 627. The molecule has 5 nitrogen and oxygen atoms in total. The second-order valence-corrected chi connectivity index (χ2v) is 6.23. The van der Waals surface area contributed by atoms with Gasteiger partial charge in [0, 0.05) is 24.1 Å². The maximum atomic E-state index is 12.0. The number of aromatic nitrogens is 1. The Morgan fingerprint density at radius 1 is 1.50 bits per heavy atom. The Morgan fingerprint density at radius 2 is 2.32 bits per heavy atom. The van der Waals surface area contributed by atoms with E-state index in [0.29, 0.717) is 24.5 Å². The van der Waals surface area contributed by atoms with E-state index in [0.717, 1.165) is 10.7 Å². The number of aryl methyl sites for hydroxylation is 1. The molecule has 0 aliphatic rings. The van der Waals surface area contributed by atoms with Gasteiger partial charge in [-0.1, -0.05) is 13.0 Å². The number of aliphatic hydroxyl groups excluding tert-OH is 1. The molecule has 1 heterocycles. The highest BCUT2D eigenvalue weighted by Gasteiger charge is 2.09. The fourth-order valence-electron chi connectivity index (χ4n) is 1.79. The highest BCUT2D eigenvalue weighted by molar-refractivity contribution is 7.09. The number of thiazole rings is 1. The van der Waals surface area contributed by atoms with Crippen molar-refractivity contribution in [3.05, 3.63) is 45.9 Å². The van der Waals surface area contributed by atoms with Crippen LogP contribution < -0.4 is 10.1 Å². The average Bonchev–Trinajstić information content (AvgIpc) is 2.96. The lowest BCUT2D eigenvalue weighted by Gasteiger charge is -2.10. The molecule has 2 aromatic rings. The summed E-state index contributed by atoms with van der Waals surface area (Å²) in [4.78, 5) is 16.4. The van der Waals surface area contributed by atoms with Crippen molar-refractivity contribution >= 4 is 17.2 Å². The maximum Gasteiger partial charge on any atom is 0.251 e. The minimum absolute atomic E-state index is 0.0382. The fraction of sp³-hybridized carbons (Fsp3) is 0.375. The number of hydrogen-bond acceptors (Lipinski definition) is 5. The van der Waals surface area contributed by atoms with Crippen LogP contribution in [0.25, 0.3) is 0 Å². The van der Waals surface area contributed by atoms with Gasteiger partial charge in [-0.05, 0) is 31.0 Å². The molecule has 0 spiro atoms. The Morgan fingerprint density at radius 3 is 3.00 bits per heavy atom. The lowest BCUT2D eigenvalue weighted by molar-refractivity contribution is 0.0942. The molecular formula is C16H20N2O3S. The molecule has 0 aliphatic heterocycles. The normalized spacial score (nSPS) is 12.0. The van der Waals surface area contributed by atoms with E-state index in [4.69, 9.17) is 9.84 Å². The summed E-state index contributed by atoms with van der Waals surface area (Å²) in [6.45, 7) is 4.70. The van der Waals surface area contributed by atoms with Gasteiger partial charge in [0.05, 0.1) is 10.7 Å². The minimum Gasteiger partial charge on any atom is -0.487 e. The molecule has 0 aliphatic carbocycles. The average molecular weight is 320 g/mol. The predicted octanol–water partition coefficient (Wildman–Crippen LogP) is 2.39. The number of hydrogen-bond donors (Lipinski definition) is 2. The molecule has 6 heteroatoms. The molecule has 1 unspecified atom stereocenters. The Kier molecular flexibility index (Phi) is 5.91. The van der Waals surface area contributed by atoms with E-state index in [9.17, 15) is 4.79 Å². The van der Waals surface area contributed by atoms with Crippen LogP contribution in [0.3, 0.4) is 0 Å². The van der Waals surface area contributed by atoms with Crippen molar-refractivity contribution in [2.75, 3.05) is 13.2 Å². The number of nitrogens with zero attached hydrogens (tertiary/aromatic N) is 1. The number of rotatable bonds is 7. The molecule has 0 bridgehead atoms. The van der Waals surface area contributed by atoms with Gasteiger partial charge in [-0.25, -0.2) is 4.98 Å². The molecule has 2 rings (SSSR count). The number of benzene rings is 1. The molecule has 22 heavy (non-hydrogen) atoms. The summed E-state index contributed by atoms with van der Waals surface area (Å²) in [6.07, 6.45) is 0. The van der Waals surface area contributed by atoms with Crippen molar-refractivity contribution in [1.82, 2.24) is 10.3 Å². The second kappa shape index (κ2) is 7.91. The lowest BCUT2D eigenvalue weighted by Crippen LogP contribution is -2.29. The largest absolute Gasteiger partial charge is 0.487 e. The number of ether oxygens (including phenoxy) is 1. The van der Waals surface area contributed by atoms with E-state index >= 15 is 0 Å². The highest BCUT2D eigenvalue weighted by Crippen LogP contribution is 2.16. The quantitative estimate of drug-likeness (QED) is 0.822. The van der Waals surface area contributed by atoms with Gasteiger partial charge in [0.15, 0.2) is 0 Å². The summed E-state index contributed by atoms with van der Waals surface area (Å²) in [5.74, 6) is 0.500. The van der Waals surface area contributed by atoms with Gasteiger partial charge in [0.2, 0.25) is 0 Å². The number of nitrogens with one attached hydrogen (secondary N) is 1. The first-order chi connectivity index (χ1) is 10.6. The van der Waals surface area contributed by atoms with Crippen LogP contribution in [-0.4, -0.2) is 29.1 Å². The van der Waals surface area contributed by atoms with Crippen molar-refractivity contribution in [3.63, 3.8) is 0 Å². The highest BCUT2D eigenvalue weighted by atomic mass is 32.1.